The highest BCUT2D eigenvalue weighted by Gasteiger charge is 2.27. The number of benzene rings is 2. The third-order valence-corrected chi connectivity index (χ3v) is 9.11. The van der Waals surface area contributed by atoms with Crippen LogP contribution in [0.25, 0.3) is 16.5 Å². The number of hydrogen-bond donors (Lipinski definition) is 2. The number of amides is 1. The monoisotopic (exact) mass is 493 g/mol. The van der Waals surface area contributed by atoms with Gasteiger partial charge in [-0.2, -0.15) is 0 Å². The third-order valence-electron chi connectivity index (χ3n) is 6.75. The molecule has 3 aromatic rings. The summed E-state index contributed by atoms with van der Waals surface area (Å²) in [5.41, 5.74) is 4.27. The molecule has 0 bridgehead atoms. The molecule has 35 heavy (non-hydrogen) atoms. The Hall–Kier alpha value is -2.90. The highest BCUT2D eigenvalue weighted by atomic mass is 32.2. The lowest BCUT2D eigenvalue weighted by Gasteiger charge is -2.27. The molecule has 0 saturated carbocycles. The first-order valence-electron chi connectivity index (χ1n) is 12.4. The molecule has 6 nitrogen and oxygen atoms in total. The minimum atomic E-state index is -3.59. The zero-order chi connectivity index (χ0) is 25.2. The molecule has 186 valence electrons. The van der Waals surface area contributed by atoms with Gasteiger partial charge in [-0.3, -0.25) is 9.69 Å². The molecular formula is C28H35N3O3S. The molecule has 1 unspecified atom stereocenters. The van der Waals surface area contributed by atoms with Gasteiger partial charge in [-0.05, 0) is 61.6 Å². The molecule has 0 spiro atoms. The molecule has 1 atom stereocenters. The molecule has 0 saturated heterocycles. The molecule has 7 heteroatoms. The summed E-state index contributed by atoms with van der Waals surface area (Å²) in [4.78, 5) is 19.1. The smallest absolute Gasteiger partial charge is 0.256 e. The van der Waals surface area contributed by atoms with Crippen molar-refractivity contribution in [3.05, 3.63) is 65.9 Å². The van der Waals surface area contributed by atoms with E-state index in [2.05, 4.69) is 35.1 Å². The van der Waals surface area contributed by atoms with Crippen molar-refractivity contribution < 1.29 is 13.2 Å². The molecule has 1 amide bonds. The Balaban J connectivity index is 1.59. The van der Waals surface area contributed by atoms with Crippen molar-refractivity contribution in [3.63, 3.8) is 0 Å². The fourth-order valence-corrected chi connectivity index (χ4v) is 6.25. The third kappa shape index (κ3) is 5.36. The van der Waals surface area contributed by atoms with E-state index in [0.717, 1.165) is 42.5 Å². The maximum absolute atomic E-state index is 13.2. The summed E-state index contributed by atoms with van der Waals surface area (Å²) in [5.74, 6) is 0.222. The van der Waals surface area contributed by atoms with Crippen LogP contribution in [-0.4, -0.2) is 49.1 Å². The zero-order valence-electron chi connectivity index (χ0n) is 21.0. The predicted octanol–water partition coefficient (Wildman–Crippen LogP) is 5.74. The number of sulfone groups is 1. The van der Waals surface area contributed by atoms with E-state index in [9.17, 15) is 13.2 Å². The van der Waals surface area contributed by atoms with Crippen molar-refractivity contribution in [2.75, 3.05) is 25.0 Å². The van der Waals surface area contributed by atoms with Crippen molar-refractivity contribution in [3.8, 4) is 0 Å². The van der Waals surface area contributed by atoms with Gasteiger partial charge in [0.2, 0.25) is 0 Å². The van der Waals surface area contributed by atoms with Gasteiger partial charge >= 0.3 is 0 Å². The van der Waals surface area contributed by atoms with Gasteiger partial charge in [0.15, 0.2) is 9.84 Å². The van der Waals surface area contributed by atoms with Crippen LogP contribution in [0.5, 0.6) is 0 Å². The summed E-state index contributed by atoms with van der Waals surface area (Å²) in [6.45, 7) is 11.1. The SMILES string of the molecule is CCC(C)S(=O)(=O)c1ccccc1C(=O)Nc1ccc2[nH]cc(C3=CCN(CC(C)C)CC3)c2c1. The summed E-state index contributed by atoms with van der Waals surface area (Å²) in [7, 11) is -3.59. The van der Waals surface area contributed by atoms with Crippen molar-refractivity contribution in [2.45, 2.75) is 50.7 Å². The van der Waals surface area contributed by atoms with Gasteiger partial charge in [0.1, 0.15) is 0 Å². The summed E-state index contributed by atoms with van der Waals surface area (Å²) >= 11 is 0. The summed E-state index contributed by atoms with van der Waals surface area (Å²) in [6, 6.07) is 12.2. The number of nitrogens with one attached hydrogen (secondary N) is 2. The first-order chi connectivity index (χ1) is 16.7. The number of rotatable bonds is 8. The van der Waals surface area contributed by atoms with Gasteiger partial charge in [0.05, 0.1) is 15.7 Å². The molecule has 1 aliphatic heterocycles. The van der Waals surface area contributed by atoms with Gasteiger partial charge in [0.25, 0.3) is 5.91 Å². The second-order valence-corrected chi connectivity index (χ2v) is 12.1. The molecular weight excluding hydrogens is 458 g/mol. The van der Waals surface area contributed by atoms with Crippen LogP contribution < -0.4 is 5.32 Å². The largest absolute Gasteiger partial charge is 0.361 e. The average molecular weight is 494 g/mol. The fourth-order valence-electron chi connectivity index (χ4n) is 4.64. The number of carbonyl (C=O) groups is 1. The molecule has 0 radical (unpaired) electrons. The Morgan fingerprint density at radius 2 is 1.91 bits per heavy atom. The molecule has 1 aromatic heterocycles. The van der Waals surface area contributed by atoms with Gasteiger partial charge in [-0.25, -0.2) is 8.42 Å². The standard InChI is InChI=1S/C28H35N3O3S/c1-5-20(4)35(33,34)27-9-7-6-8-23(27)28(32)30-22-10-11-26-24(16-22)25(17-29-26)21-12-14-31(15-13-21)18-19(2)3/h6-12,16-17,19-20,29H,5,13-15,18H2,1-4H3,(H,30,32). The van der Waals surface area contributed by atoms with E-state index in [-0.39, 0.29) is 10.5 Å². The van der Waals surface area contributed by atoms with Crippen molar-refractivity contribution >= 4 is 37.9 Å². The van der Waals surface area contributed by atoms with E-state index in [1.165, 1.54) is 11.6 Å². The van der Waals surface area contributed by atoms with Gasteiger partial charge < -0.3 is 10.3 Å². The number of fused-ring (bicyclic) bond motifs is 1. The van der Waals surface area contributed by atoms with E-state index in [4.69, 9.17) is 0 Å². The molecule has 2 aromatic carbocycles. The van der Waals surface area contributed by atoms with Crippen LogP contribution in [0.4, 0.5) is 5.69 Å². The number of hydrogen-bond acceptors (Lipinski definition) is 4. The zero-order valence-corrected chi connectivity index (χ0v) is 21.8. The topological polar surface area (TPSA) is 82.3 Å². The van der Waals surface area contributed by atoms with Crippen molar-refractivity contribution in [2.24, 2.45) is 5.92 Å². The number of anilines is 1. The number of aromatic nitrogens is 1. The van der Waals surface area contributed by atoms with Crippen LogP contribution in [0.1, 0.15) is 56.5 Å². The lowest BCUT2D eigenvalue weighted by Crippen LogP contribution is -2.31. The molecule has 0 fully saturated rings. The van der Waals surface area contributed by atoms with Crippen LogP contribution in [0.15, 0.2) is 59.6 Å². The highest BCUT2D eigenvalue weighted by molar-refractivity contribution is 7.92. The molecule has 0 aliphatic carbocycles. The van der Waals surface area contributed by atoms with Crippen molar-refractivity contribution in [1.29, 1.82) is 0 Å². The van der Waals surface area contributed by atoms with E-state index < -0.39 is 21.0 Å². The molecule has 1 aliphatic rings. The summed E-state index contributed by atoms with van der Waals surface area (Å²) < 4.78 is 26.0. The first-order valence-corrected chi connectivity index (χ1v) is 13.9. The number of H-pyrrole nitrogens is 1. The normalized spacial score (nSPS) is 15.9. The summed E-state index contributed by atoms with van der Waals surface area (Å²) in [5, 5.41) is 3.41. The second-order valence-electron chi connectivity index (χ2n) is 9.81. The first kappa shape index (κ1) is 25.2. The van der Waals surface area contributed by atoms with Crippen LogP contribution in [-0.2, 0) is 9.84 Å². The minimum absolute atomic E-state index is 0.0774. The van der Waals surface area contributed by atoms with Gasteiger partial charge in [-0.1, -0.05) is 39.0 Å². The Labute approximate surface area is 208 Å². The molecule has 4 rings (SSSR count). The second kappa shape index (κ2) is 10.4. The Morgan fingerprint density at radius 3 is 2.60 bits per heavy atom. The van der Waals surface area contributed by atoms with Crippen LogP contribution in [0.2, 0.25) is 0 Å². The number of aromatic amines is 1. The number of carbonyl (C=O) groups excluding carboxylic acids is 1. The van der Waals surface area contributed by atoms with Crippen molar-refractivity contribution in [1.82, 2.24) is 9.88 Å². The van der Waals surface area contributed by atoms with Crippen LogP contribution in [0.3, 0.4) is 0 Å². The van der Waals surface area contributed by atoms with Crippen LogP contribution >= 0.6 is 0 Å². The quantitative estimate of drug-likeness (QED) is 0.419. The van der Waals surface area contributed by atoms with Gasteiger partial charge in [-0.15, -0.1) is 0 Å². The predicted molar refractivity (Wildman–Crippen MR) is 144 cm³/mol. The summed E-state index contributed by atoms with van der Waals surface area (Å²) in [6.07, 6.45) is 5.80. The lowest BCUT2D eigenvalue weighted by molar-refractivity contribution is 0.102. The maximum atomic E-state index is 13.2. The molecule has 2 N–H and O–H groups in total. The highest BCUT2D eigenvalue weighted by Crippen LogP contribution is 2.31. The van der Waals surface area contributed by atoms with E-state index >= 15 is 0 Å². The average Bonchev–Trinajstić information content (AvgIpc) is 3.27. The van der Waals surface area contributed by atoms with Gasteiger partial charge in [0, 0.05) is 48.0 Å². The minimum Gasteiger partial charge on any atom is -0.361 e. The van der Waals surface area contributed by atoms with Crippen LogP contribution in [0, 0.1) is 5.92 Å². The van der Waals surface area contributed by atoms with E-state index in [1.807, 2.05) is 31.3 Å². The Morgan fingerprint density at radius 1 is 1.14 bits per heavy atom. The van der Waals surface area contributed by atoms with E-state index in [0.29, 0.717) is 18.0 Å². The Bertz CT molecular complexity index is 1350. The molecule has 2 heterocycles. The van der Waals surface area contributed by atoms with E-state index in [1.54, 1.807) is 25.1 Å². The number of nitrogens with zero attached hydrogens (tertiary/aromatic N) is 1. The fraction of sp³-hybridized carbons (Fsp3) is 0.393. The maximum Gasteiger partial charge on any atom is 0.256 e. The lowest BCUT2D eigenvalue weighted by atomic mass is 9.98. The Kier molecular flexibility index (Phi) is 7.47.